The number of hydrogen-bond acceptors (Lipinski definition) is 2. The van der Waals surface area contributed by atoms with Crippen molar-refractivity contribution in [1.29, 1.82) is 0 Å². The first-order valence-electron chi connectivity index (χ1n) is 7.70. The Morgan fingerprint density at radius 3 is 2.29 bits per heavy atom. The minimum absolute atomic E-state index is 0.375. The number of aliphatic imine (C=N–C) groups is 1. The van der Waals surface area contributed by atoms with Gasteiger partial charge < -0.3 is 15.5 Å². The predicted molar refractivity (Wildman–Crippen MR) is 93.1 cm³/mol. The fourth-order valence-corrected chi connectivity index (χ4v) is 1.88. The summed E-state index contributed by atoms with van der Waals surface area (Å²) in [5.41, 5.74) is 1.23. The molecule has 4 heteroatoms. The molecule has 2 unspecified atom stereocenters. The van der Waals surface area contributed by atoms with Gasteiger partial charge in [-0.2, -0.15) is 0 Å². The average molecular weight is 290 g/mol. The molecule has 0 aromatic heterocycles. The lowest BCUT2D eigenvalue weighted by atomic mass is 10.1. The van der Waals surface area contributed by atoms with Gasteiger partial charge >= 0.3 is 0 Å². The second-order valence-electron chi connectivity index (χ2n) is 5.93. The van der Waals surface area contributed by atoms with Gasteiger partial charge in [-0.3, -0.25) is 4.99 Å². The van der Waals surface area contributed by atoms with Gasteiger partial charge in [-0.05, 0) is 31.9 Å². The van der Waals surface area contributed by atoms with E-state index in [-0.39, 0.29) is 0 Å². The maximum Gasteiger partial charge on any atom is 0.191 e. The predicted octanol–water partition coefficient (Wildman–Crippen LogP) is 2.72. The van der Waals surface area contributed by atoms with E-state index in [2.05, 4.69) is 79.5 Å². The minimum atomic E-state index is 0.375. The van der Waals surface area contributed by atoms with Crippen LogP contribution in [-0.2, 0) is 0 Å². The van der Waals surface area contributed by atoms with Crippen molar-refractivity contribution in [2.24, 2.45) is 10.9 Å². The summed E-state index contributed by atoms with van der Waals surface area (Å²) in [6.45, 7) is 9.64. The third kappa shape index (κ3) is 5.66. The molecule has 0 radical (unpaired) electrons. The van der Waals surface area contributed by atoms with E-state index in [4.69, 9.17) is 0 Å². The van der Waals surface area contributed by atoms with Gasteiger partial charge in [0.15, 0.2) is 5.96 Å². The molecule has 0 saturated heterocycles. The average Bonchev–Trinajstić information content (AvgIpc) is 2.50. The van der Waals surface area contributed by atoms with Gasteiger partial charge in [0.05, 0.1) is 0 Å². The van der Waals surface area contributed by atoms with E-state index < -0.39 is 0 Å². The Morgan fingerprint density at radius 2 is 1.76 bits per heavy atom. The molecule has 0 aliphatic carbocycles. The number of rotatable bonds is 6. The number of anilines is 1. The van der Waals surface area contributed by atoms with E-state index >= 15 is 0 Å². The summed E-state index contributed by atoms with van der Waals surface area (Å²) < 4.78 is 0. The zero-order chi connectivity index (χ0) is 15.8. The standard InChI is InChI=1S/C17H30N4/c1-13(2)15(4)20-17(18-5)19-12-14(3)21(6)16-10-8-7-9-11-16/h7-11,13-15H,12H2,1-6H3,(H2,18,19,20). The topological polar surface area (TPSA) is 39.7 Å². The van der Waals surface area contributed by atoms with Crippen LogP contribution in [0.15, 0.2) is 35.3 Å². The second-order valence-corrected chi connectivity index (χ2v) is 5.93. The first-order valence-corrected chi connectivity index (χ1v) is 7.70. The van der Waals surface area contributed by atoms with Crippen molar-refractivity contribution >= 4 is 11.6 Å². The molecule has 118 valence electrons. The first kappa shape index (κ1) is 17.3. The minimum Gasteiger partial charge on any atom is -0.370 e. The van der Waals surface area contributed by atoms with Crippen molar-refractivity contribution in [3.63, 3.8) is 0 Å². The number of likely N-dealkylation sites (N-methyl/N-ethyl adjacent to an activating group) is 1. The molecule has 4 nitrogen and oxygen atoms in total. The molecule has 0 aliphatic heterocycles. The van der Waals surface area contributed by atoms with E-state index in [0.29, 0.717) is 18.0 Å². The van der Waals surface area contributed by atoms with Gasteiger partial charge in [0.2, 0.25) is 0 Å². The van der Waals surface area contributed by atoms with Crippen molar-refractivity contribution in [2.75, 3.05) is 25.5 Å². The van der Waals surface area contributed by atoms with Gasteiger partial charge in [-0.25, -0.2) is 0 Å². The third-order valence-electron chi connectivity index (χ3n) is 3.98. The van der Waals surface area contributed by atoms with Gasteiger partial charge in [-0.1, -0.05) is 32.0 Å². The number of guanidine groups is 1. The fourth-order valence-electron chi connectivity index (χ4n) is 1.88. The highest BCUT2D eigenvalue weighted by atomic mass is 15.2. The largest absolute Gasteiger partial charge is 0.370 e. The molecule has 0 fully saturated rings. The summed E-state index contributed by atoms with van der Waals surface area (Å²) in [5, 5.41) is 6.82. The van der Waals surface area contributed by atoms with Crippen molar-refractivity contribution in [2.45, 2.75) is 39.8 Å². The van der Waals surface area contributed by atoms with Gasteiger partial charge in [0, 0.05) is 38.4 Å². The molecule has 0 heterocycles. The normalized spacial score (nSPS) is 14.7. The Kier molecular flexibility index (Phi) is 7.06. The summed E-state index contributed by atoms with van der Waals surface area (Å²) in [6.07, 6.45) is 0. The molecule has 0 amide bonds. The van der Waals surface area contributed by atoms with E-state index in [1.54, 1.807) is 0 Å². The van der Waals surface area contributed by atoms with Crippen LogP contribution < -0.4 is 15.5 Å². The Morgan fingerprint density at radius 1 is 1.14 bits per heavy atom. The van der Waals surface area contributed by atoms with Crippen molar-refractivity contribution in [1.82, 2.24) is 10.6 Å². The van der Waals surface area contributed by atoms with Crippen LogP contribution in [0.2, 0.25) is 0 Å². The molecule has 2 atom stereocenters. The SMILES string of the molecule is CN=C(NCC(C)N(C)c1ccccc1)NC(C)C(C)C. The fraction of sp³-hybridized carbons (Fsp3) is 0.588. The highest BCUT2D eigenvalue weighted by molar-refractivity contribution is 5.80. The molecule has 0 saturated carbocycles. The van der Waals surface area contributed by atoms with Crippen LogP contribution in [0, 0.1) is 5.92 Å². The van der Waals surface area contributed by atoms with Crippen LogP contribution in [0.4, 0.5) is 5.69 Å². The summed E-state index contributed by atoms with van der Waals surface area (Å²) in [4.78, 5) is 6.56. The highest BCUT2D eigenvalue weighted by Gasteiger charge is 2.12. The first-order chi connectivity index (χ1) is 9.95. The molecule has 21 heavy (non-hydrogen) atoms. The van der Waals surface area contributed by atoms with Crippen LogP contribution >= 0.6 is 0 Å². The molecule has 1 rings (SSSR count). The number of benzene rings is 1. The van der Waals surface area contributed by atoms with Gasteiger partial charge in [0.25, 0.3) is 0 Å². The second kappa shape index (κ2) is 8.55. The van der Waals surface area contributed by atoms with E-state index in [1.807, 2.05) is 13.1 Å². The van der Waals surface area contributed by atoms with Gasteiger partial charge in [-0.15, -0.1) is 0 Å². The van der Waals surface area contributed by atoms with Crippen LogP contribution in [0.1, 0.15) is 27.7 Å². The van der Waals surface area contributed by atoms with E-state index in [1.165, 1.54) is 5.69 Å². The lowest BCUT2D eigenvalue weighted by molar-refractivity contribution is 0.479. The molecular formula is C17H30N4. The zero-order valence-corrected chi connectivity index (χ0v) is 14.2. The molecule has 0 bridgehead atoms. The summed E-state index contributed by atoms with van der Waals surface area (Å²) in [7, 11) is 3.93. The zero-order valence-electron chi connectivity index (χ0n) is 14.2. The number of nitrogens with zero attached hydrogens (tertiary/aromatic N) is 2. The van der Waals surface area contributed by atoms with Crippen LogP contribution in [0.5, 0.6) is 0 Å². The number of para-hydroxylation sites is 1. The Balaban J connectivity index is 2.49. The van der Waals surface area contributed by atoms with Crippen molar-refractivity contribution < 1.29 is 0 Å². The Hall–Kier alpha value is -1.71. The van der Waals surface area contributed by atoms with E-state index in [9.17, 15) is 0 Å². The molecule has 2 N–H and O–H groups in total. The van der Waals surface area contributed by atoms with Gasteiger partial charge in [0.1, 0.15) is 0 Å². The maximum absolute atomic E-state index is 4.29. The van der Waals surface area contributed by atoms with Crippen LogP contribution in [0.3, 0.4) is 0 Å². The number of nitrogens with one attached hydrogen (secondary N) is 2. The monoisotopic (exact) mass is 290 g/mol. The van der Waals surface area contributed by atoms with E-state index in [0.717, 1.165) is 12.5 Å². The molecule has 0 aliphatic rings. The molecule has 1 aromatic carbocycles. The summed E-state index contributed by atoms with van der Waals surface area (Å²) >= 11 is 0. The van der Waals surface area contributed by atoms with Crippen LogP contribution in [0.25, 0.3) is 0 Å². The molecule has 0 spiro atoms. The lowest BCUT2D eigenvalue weighted by Crippen LogP contribution is -2.48. The smallest absolute Gasteiger partial charge is 0.191 e. The van der Waals surface area contributed by atoms with Crippen molar-refractivity contribution in [3.8, 4) is 0 Å². The highest BCUT2D eigenvalue weighted by Crippen LogP contribution is 2.13. The molecule has 1 aromatic rings. The number of hydrogen-bond donors (Lipinski definition) is 2. The van der Waals surface area contributed by atoms with Crippen LogP contribution in [-0.4, -0.2) is 38.7 Å². The third-order valence-corrected chi connectivity index (χ3v) is 3.98. The Bertz CT molecular complexity index is 428. The lowest BCUT2D eigenvalue weighted by Gasteiger charge is -2.28. The quantitative estimate of drug-likeness (QED) is 0.625. The Labute approximate surface area is 129 Å². The summed E-state index contributed by atoms with van der Waals surface area (Å²) in [5.74, 6) is 1.44. The summed E-state index contributed by atoms with van der Waals surface area (Å²) in [6, 6.07) is 11.2. The maximum atomic E-state index is 4.29. The molecular weight excluding hydrogens is 260 g/mol. The van der Waals surface area contributed by atoms with Crippen molar-refractivity contribution in [3.05, 3.63) is 30.3 Å².